The number of ether oxygens (including phenoxy) is 2. The van der Waals surface area contributed by atoms with Gasteiger partial charge in [0.05, 0.1) is 25.5 Å². The van der Waals surface area contributed by atoms with E-state index in [1.54, 1.807) is 23.5 Å². The van der Waals surface area contributed by atoms with Gasteiger partial charge in [-0.1, -0.05) is 31.4 Å². The number of nitrogens with zero attached hydrogens (tertiary/aromatic N) is 2. The smallest absolute Gasteiger partial charge is 0.304 e. The number of benzene rings is 1. The zero-order chi connectivity index (χ0) is 27.4. The van der Waals surface area contributed by atoms with E-state index in [0.29, 0.717) is 18.4 Å². The minimum absolute atomic E-state index is 0.362. The van der Waals surface area contributed by atoms with Gasteiger partial charge in [-0.25, -0.2) is 4.98 Å². The highest BCUT2D eigenvalue weighted by molar-refractivity contribution is 7.09. The maximum Gasteiger partial charge on any atom is 0.304 e. The molecule has 1 saturated carbocycles. The molecule has 11 nitrogen and oxygen atoms in total. The topological polar surface area (TPSA) is 139 Å². The number of esters is 1. The van der Waals surface area contributed by atoms with Gasteiger partial charge in [-0.3, -0.25) is 24.1 Å². The summed E-state index contributed by atoms with van der Waals surface area (Å²) in [6.45, 7) is 5.32. The van der Waals surface area contributed by atoms with Crippen LogP contribution in [0.25, 0.3) is 11.3 Å². The number of hydrogen-bond acceptors (Lipinski definition) is 9. The van der Waals surface area contributed by atoms with Gasteiger partial charge >= 0.3 is 5.97 Å². The van der Waals surface area contributed by atoms with Crippen LogP contribution in [0.15, 0.2) is 29.6 Å². The molecule has 208 valence electrons. The van der Waals surface area contributed by atoms with Gasteiger partial charge in [0.15, 0.2) is 6.04 Å². The lowest BCUT2D eigenvalue weighted by Gasteiger charge is -2.41. The van der Waals surface area contributed by atoms with Crippen LogP contribution in [0.2, 0.25) is 0 Å². The average Bonchev–Trinajstić information content (AvgIpc) is 3.40. The van der Waals surface area contributed by atoms with E-state index in [4.69, 9.17) is 14.5 Å². The highest BCUT2D eigenvalue weighted by atomic mass is 32.1. The number of nitrogens with one attached hydrogen (secondary N) is 3. The SMILES string of the molecule is CC(=O)O[C@@H]1NC(=O)[C@H]1NC(=O)C1(NC(=O)c2ccc(-c3csc(CN4CCOCC4)n3)cc2)CCCCC1. The van der Waals surface area contributed by atoms with E-state index >= 15 is 0 Å². The summed E-state index contributed by atoms with van der Waals surface area (Å²) in [5, 5.41) is 11.2. The molecule has 2 aromatic rings. The van der Waals surface area contributed by atoms with E-state index in [-0.39, 0.29) is 5.91 Å². The van der Waals surface area contributed by atoms with Crippen LogP contribution in [-0.4, -0.2) is 77.7 Å². The molecule has 2 saturated heterocycles. The van der Waals surface area contributed by atoms with Gasteiger partial charge in [0.1, 0.15) is 10.5 Å². The van der Waals surface area contributed by atoms with Crippen molar-refractivity contribution in [2.45, 2.75) is 63.4 Å². The van der Waals surface area contributed by atoms with Gasteiger partial charge in [0.25, 0.3) is 11.8 Å². The molecule has 2 aliphatic heterocycles. The maximum atomic E-state index is 13.4. The summed E-state index contributed by atoms with van der Waals surface area (Å²) in [5.41, 5.74) is 1.06. The first kappa shape index (κ1) is 27.2. The largest absolute Gasteiger partial charge is 0.439 e. The lowest BCUT2D eigenvalue weighted by atomic mass is 9.80. The molecule has 3 N–H and O–H groups in total. The Morgan fingerprint density at radius 3 is 2.54 bits per heavy atom. The Morgan fingerprint density at radius 2 is 1.87 bits per heavy atom. The van der Waals surface area contributed by atoms with Gasteiger partial charge < -0.3 is 25.4 Å². The molecule has 3 heterocycles. The number of carbonyl (C=O) groups excluding carboxylic acids is 4. The Labute approximate surface area is 230 Å². The summed E-state index contributed by atoms with van der Waals surface area (Å²) in [4.78, 5) is 57.1. The van der Waals surface area contributed by atoms with Crippen LogP contribution >= 0.6 is 11.3 Å². The van der Waals surface area contributed by atoms with Gasteiger partial charge in [-0.15, -0.1) is 11.3 Å². The number of morpholine rings is 1. The third-order valence-electron chi connectivity index (χ3n) is 7.40. The molecule has 5 rings (SSSR count). The van der Waals surface area contributed by atoms with Gasteiger partial charge in [-0.05, 0) is 25.0 Å². The monoisotopic (exact) mass is 555 g/mol. The minimum atomic E-state index is -1.14. The van der Waals surface area contributed by atoms with Gasteiger partial charge in [0.2, 0.25) is 12.1 Å². The van der Waals surface area contributed by atoms with E-state index in [9.17, 15) is 19.2 Å². The number of aromatic nitrogens is 1. The van der Waals surface area contributed by atoms with E-state index in [0.717, 1.165) is 68.4 Å². The summed E-state index contributed by atoms with van der Waals surface area (Å²) >= 11 is 1.62. The van der Waals surface area contributed by atoms with Gasteiger partial charge in [-0.2, -0.15) is 0 Å². The summed E-state index contributed by atoms with van der Waals surface area (Å²) in [6, 6.07) is 6.20. The molecular weight excluding hydrogens is 522 g/mol. The van der Waals surface area contributed by atoms with E-state index in [2.05, 4.69) is 20.9 Å². The summed E-state index contributed by atoms with van der Waals surface area (Å²) in [7, 11) is 0. The third kappa shape index (κ3) is 6.29. The first-order chi connectivity index (χ1) is 18.8. The fourth-order valence-corrected chi connectivity index (χ4v) is 6.01. The first-order valence-corrected chi connectivity index (χ1v) is 14.2. The number of hydrogen-bond donors (Lipinski definition) is 3. The molecule has 39 heavy (non-hydrogen) atoms. The molecule has 3 aliphatic rings. The fraction of sp³-hybridized carbons (Fsp3) is 0.519. The van der Waals surface area contributed by atoms with E-state index < -0.39 is 35.6 Å². The number of amides is 3. The predicted molar refractivity (Wildman–Crippen MR) is 143 cm³/mol. The maximum absolute atomic E-state index is 13.4. The molecule has 0 unspecified atom stereocenters. The van der Waals surface area contributed by atoms with Crippen molar-refractivity contribution in [2.24, 2.45) is 0 Å². The number of carbonyl (C=O) groups is 4. The molecule has 0 spiro atoms. The number of thiazole rings is 1. The Morgan fingerprint density at radius 1 is 1.15 bits per heavy atom. The van der Waals surface area contributed by atoms with Crippen molar-refractivity contribution in [1.82, 2.24) is 25.8 Å². The number of rotatable bonds is 8. The highest BCUT2D eigenvalue weighted by Crippen LogP contribution is 2.30. The molecule has 2 atom stereocenters. The Balaban J connectivity index is 1.23. The third-order valence-corrected chi connectivity index (χ3v) is 8.23. The Kier molecular flexibility index (Phi) is 8.24. The van der Waals surface area contributed by atoms with Crippen molar-refractivity contribution >= 4 is 35.0 Å². The molecule has 1 aromatic heterocycles. The van der Waals surface area contributed by atoms with Crippen molar-refractivity contribution in [3.05, 3.63) is 40.2 Å². The van der Waals surface area contributed by atoms with Crippen LogP contribution in [0.5, 0.6) is 0 Å². The summed E-state index contributed by atoms with van der Waals surface area (Å²) in [5.74, 6) is -1.80. The van der Waals surface area contributed by atoms with Crippen molar-refractivity contribution in [3.8, 4) is 11.3 Å². The van der Waals surface area contributed by atoms with Crippen LogP contribution in [0, 0.1) is 0 Å². The van der Waals surface area contributed by atoms with E-state index in [1.807, 2.05) is 17.5 Å². The fourth-order valence-electron chi connectivity index (χ4n) is 5.16. The van der Waals surface area contributed by atoms with E-state index in [1.165, 1.54) is 6.92 Å². The van der Waals surface area contributed by atoms with Crippen molar-refractivity contribution in [3.63, 3.8) is 0 Å². The summed E-state index contributed by atoms with van der Waals surface area (Å²) < 4.78 is 10.5. The molecule has 0 radical (unpaired) electrons. The highest BCUT2D eigenvalue weighted by Gasteiger charge is 2.48. The number of β-lactam (4-membered cyclic amide) rings is 1. The Bertz CT molecular complexity index is 1220. The standard InChI is InChI=1S/C27H33N5O6S/c1-17(33)38-25-22(24(35)30-25)29-26(36)27(9-3-2-4-10-27)31-23(34)19-7-5-18(6-8-19)20-16-39-21(28-20)15-32-11-13-37-14-12-32/h5-8,16,22,25H,2-4,9-15H2,1H3,(H,29,36)(H,30,35)(H,31,34)/t22-,25+/m1/s1. The minimum Gasteiger partial charge on any atom is -0.439 e. The second-order valence-corrected chi connectivity index (χ2v) is 11.1. The molecule has 1 aromatic carbocycles. The van der Waals surface area contributed by atoms with Crippen molar-refractivity contribution in [1.29, 1.82) is 0 Å². The van der Waals surface area contributed by atoms with Crippen molar-refractivity contribution < 1.29 is 28.7 Å². The first-order valence-electron chi connectivity index (χ1n) is 13.3. The predicted octanol–water partition coefficient (Wildman–Crippen LogP) is 1.58. The van der Waals surface area contributed by atoms with Crippen LogP contribution in [-0.2, 0) is 30.4 Å². The lowest BCUT2D eigenvalue weighted by Crippen LogP contribution is -2.73. The van der Waals surface area contributed by atoms with Crippen LogP contribution in [0.1, 0.15) is 54.4 Å². The molecule has 0 bridgehead atoms. The second-order valence-electron chi connectivity index (χ2n) is 10.2. The quantitative estimate of drug-likeness (QED) is 0.330. The van der Waals surface area contributed by atoms with Crippen LogP contribution in [0.3, 0.4) is 0 Å². The second kappa shape index (κ2) is 11.8. The Hall–Kier alpha value is -3.35. The van der Waals surface area contributed by atoms with Crippen LogP contribution in [0.4, 0.5) is 0 Å². The molecule has 3 fully saturated rings. The summed E-state index contributed by atoms with van der Waals surface area (Å²) in [6.07, 6.45) is 2.50. The molecule has 3 amide bonds. The lowest BCUT2D eigenvalue weighted by molar-refractivity contribution is -0.165. The normalized spacial score (nSPS) is 22.7. The molecule has 12 heteroatoms. The molecular formula is C27H33N5O6S. The zero-order valence-electron chi connectivity index (χ0n) is 21.9. The zero-order valence-corrected chi connectivity index (χ0v) is 22.7. The van der Waals surface area contributed by atoms with Crippen LogP contribution < -0.4 is 16.0 Å². The molecule has 1 aliphatic carbocycles. The van der Waals surface area contributed by atoms with Crippen molar-refractivity contribution in [2.75, 3.05) is 26.3 Å². The van der Waals surface area contributed by atoms with Gasteiger partial charge in [0, 0.05) is 36.5 Å². The average molecular weight is 556 g/mol.